The molecule has 0 amide bonds. The molecule has 0 aliphatic carbocycles. The Morgan fingerprint density at radius 1 is 1.27 bits per heavy atom. The molecule has 0 radical (unpaired) electrons. The minimum Gasteiger partial charge on any atom is -0.299 e. The number of carbonyl (C=O) groups excluding carboxylic acids is 1. The molecule has 0 heterocycles. The second kappa shape index (κ2) is 4.89. The summed E-state index contributed by atoms with van der Waals surface area (Å²) < 4.78 is 0. The first-order valence-electron chi connectivity index (χ1n) is 3.88. The van der Waals surface area contributed by atoms with Crippen molar-refractivity contribution in [3.8, 4) is 0 Å². The molecule has 0 aromatic carbocycles. The fourth-order valence-corrected chi connectivity index (χ4v) is 1.08. The molecule has 62 valence electrons. The Morgan fingerprint density at radius 2 is 1.82 bits per heavy atom. The first-order chi connectivity index (χ1) is 5.09. The van der Waals surface area contributed by atoms with Gasteiger partial charge in [0.25, 0.3) is 0 Å². The maximum absolute atomic E-state index is 10.0. The van der Waals surface area contributed by atoms with E-state index in [1.54, 1.807) is 6.08 Å². The summed E-state index contributed by atoms with van der Waals surface area (Å²) in [5, 5.41) is 0. The van der Waals surface area contributed by atoms with Crippen molar-refractivity contribution in [1.82, 2.24) is 0 Å². The van der Waals surface area contributed by atoms with Gasteiger partial charge >= 0.3 is 0 Å². The fraction of sp³-hybridized carbons (Fsp3) is 0.500. The SMILES string of the molecule is CC(C)=C(/C=C/C=O)C(C)C. The van der Waals surface area contributed by atoms with E-state index in [1.807, 2.05) is 6.08 Å². The summed E-state index contributed by atoms with van der Waals surface area (Å²) in [6.45, 7) is 8.36. The van der Waals surface area contributed by atoms with Gasteiger partial charge in [-0.1, -0.05) is 25.5 Å². The molecule has 0 unspecified atom stereocenters. The number of rotatable bonds is 3. The molecule has 0 aromatic rings. The summed E-state index contributed by atoms with van der Waals surface area (Å²) in [6.07, 6.45) is 4.24. The van der Waals surface area contributed by atoms with Crippen LogP contribution in [-0.4, -0.2) is 6.29 Å². The lowest BCUT2D eigenvalue weighted by Crippen LogP contribution is -1.92. The van der Waals surface area contributed by atoms with E-state index in [0.717, 1.165) is 6.29 Å². The van der Waals surface area contributed by atoms with E-state index in [-0.39, 0.29) is 0 Å². The van der Waals surface area contributed by atoms with Gasteiger partial charge < -0.3 is 0 Å². The van der Waals surface area contributed by atoms with Crippen LogP contribution in [0, 0.1) is 5.92 Å². The minimum atomic E-state index is 0.496. The van der Waals surface area contributed by atoms with Crippen LogP contribution in [0.4, 0.5) is 0 Å². The Bertz CT molecular complexity index is 181. The molecule has 0 fully saturated rings. The molecule has 1 heteroatoms. The van der Waals surface area contributed by atoms with Crippen LogP contribution in [0.5, 0.6) is 0 Å². The van der Waals surface area contributed by atoms with Gasteiger partial charge in [-0.05, 0) is 31.4 Å². The molecule has 0 rings (SSSR count). The Morgan fingerprint density at radius 3 is 2.09 bits per heavy atom. The Balaban J connectivity index is 4.50. The van der Waals surface area contributed by atoms with Gasteiger partial charge in [-0.2, -0.15) is 0 Å². The molecule has 0 aliphatic heterocycles. The van der Waals surface area contributed by atoms with Crippen LogP contribution >= 0.6 is 0 Å². The van der Waals surface area contributed by atoms with Crippen LogP contribution in [-0.2, 0) is 4.79 Å². The highest BCUT2D eigenvalue weighted by Gasteiger charge is 1.99. The first-order valence-corrected chi connectivity index (χ1v) is 3.88. The van der Waals surface area contributed by atoms with E-state index in [1.165, 1.54) is 11.1 Å². The predicted octanol–water partition coefficient (Wildman–Crippen LogP) is 2.73. The van der Waals surface area contributed by atoms with Gasteiger partial charge in [-0.25, -0.2) is 0 Å². The monoisotopic (exact) mass is 152 g/mol. The zero-order valence-electron chi connectivity index (χ0n) is 7.72. The summed E-state index contributed by atoms with van der Waals surface area (Å²) in [4.78, 5) is 10.0. The Labute approximate surface area is 68.8 Å². The predicted molar refractivity (Wildman–Crippen MR) is 48.4 cm³/mol. The van der Waals surface area contributed by atoms with Crippen LogP contribution < -0.4 is 0 Å². The van der Waals surface area contributed by atoms with E-state index in [9.17, 15) is 4.79 Å². The maximum Gasteiger partial charge on any atom is 0.142 e. The van der Waals surface area contributed by atoms with Crippen molar-refractivity contribution in [2.75, 3.05) is 0 Å². The summed E-state index contributed by atoms with van der Waals surface area (Å²) in [5.41, 5.74) is 2.52. The first kappa shape index (κ1) is 10.2. The minimum absolute atomic E-state index is 0.496. The van der Waals surface area contributed by atoms with E-state index in [2.05, 4.69) is 27.7 Å². The summed E-state index contributed by atoms with van der Waals surface area (Å²) in [6, 6.07) is 0. The zero-order valence-corrected chi connectivity index (χ0v) is 7.72. The van der Waals surface area contributed by atoms with Gasteiger partial charge in [-0.15, -0.1) is 0 Å². The molecule has 0 atom stereocenters. The molecule has 0 aromatic heterocycles. The van der Waals surface area contributed by atoms with Gasteiger partial charge in [0, 0.05) is 0 Å². The normalized spacial score (nSPS) is 10.6. The van der Waals surface area contributed by atoms with E-state index in [0.29, 0.717) is 5.92 Å². The Kier molecular flexibility index (Phi) is 4.51. The topological polar surface area (TPSA) is 17.1 Å². The van der Waals surface area contributed by atoms with Crippen LogP contribution in [0.1, 0.15) is 27.7 Å². The van der Waals surface area contributed by atoms with Gasteiger partial charge in [-0.3, -0.25) is 4.79 Å². The van der Waals surface area contributed by atoms with E-state index >= 15 is 0 Å². The molecule has 0 saturated carbocycles. The van der Waals surface area contributed by atoms with Crippen molar-refractivity contribution in [2.45, 2.75) is 27.7 Å². The maximum atomic E-state index is 10.0. The smallest absolute Gasteiger partial charge is 0.142 e. The molecule has 1 nitrogen and oxygen atoms in total. The van der Waals surface area contributed by atoms with Crippen molar-refractivity contribution < 1.29 is 4.79 Å². The van der Waals surface area contributed by atoms with E-state index in [4.69, 9.17) is 0 Å². The number of carbonyl (C=O) groups is 1. The molecule has 0 N–H and O–H groups in total. The largest absolute Gasteiger partial charge is 0.299 e. The molecule has 0 spiro atoms. The summed E-state index contributed by atoms with van der Waals surface area (Å²) in [5.74, 6) is 0.496. The highest BCUT2D eigenvalue weighted by atomic mass is 16.1. The highest BCUT2D eigenvalue weighted by Crippen LogP contribution is 2.15. The van der Waals surface area contributed by atoms with Crippen LogP contribution in [0.15, 0.2) is 23.3 Å². The number of hydrogen-bond donors (Lipinski definition) is 0. The fourth-order valence-electron chi connectivity index (χ4n) is 1.08. The average molecular weight is 152 g/mol. The van der Waals surface area contributed by atoms with Crippen molar-refractivity contribution in [1.29, 1.82) is 0 Å². The summed E-state index contributed by atoms with van der Waals surface area (Å²) in [7, 11) is 0. The lowest BCUT2D eigenvalue weighted by molar-refractivity contribution is -0.104. The van der Waals surface area contributed by atoms with Crippen molar-refractivity contribution >= 4 is 6.29 Å². The van der Waals surface area contributed by atoms with Crippen LogP contribution in [0.2, 0.25) is 0 Å². The van der Waals surface area contributed by atoms with Crippen molar-refractivity contribution in [3.05, 3.63) is 23.3 Å². The number of aldehydes is 1. The second-order valence-electron chi connectivity index (χ2n) is 3.11. The Hall–Kier alpha value is -0.850. The molecule has 11 heavy (non-hydrogen) atoms. The molecular formula is C10H16O. The molecule has 0 bridgehead atoms. The lowest BCUT2D eigenvalue weighted by atomic mass is 9.98. The second-order valence-corrected chi connectivity index (χ2v) is 3.11. The molecule has 0 saturated heterocycles. The summed E-state index contributed by atoms with van der Waals surface area (Å²) >= 11 is 0. The van der Waals surface area contributed by atoms with Crippen molar-refractivity contribution in [3.63, 3.8) is 0 Å². The third-order valence-electron chi connectivity index (χ3n) is 1.55. The molecule has 0 aliphatic rings. The third-order valence-corrected chi connectivity index (χ3v) is 1.55. The lowest BCUT2D eigenvalue weighted by Gasteiger charge is -2.07. The van der Waals surface area contributed by atoms with Gasteiger partial charge in [0.05, 0.1) is 0 Å². The molecular weight excluding hydrogens is 136 g/mol. The standard InChI is InChI=1S/C10H16O/c1-8(2)10(9(3)4)6-5-7-11/h5-8H,1-4H3/b6-5+. The van der Waals surface area contributed by atoms with Gasteiger partial charge in [0.1, 0.15) is 6.29 Å². The van der Waals surface area contributed by atoms with Crippen LogP contribution in [0.3, 0.4) is 0 Å². The number of allylic oxidation sites excluding steroid dienone is 4. The number of hydrogen-bond acceptors (Lipinski definition) is 1. The zero-order chi connectivity index (χ0) is 8.85. The van der Waals surface area contributed by atoms with Gasteiger partial charge in [0.15, 0.2) is 0 Å². The van der Waals surface area contributed by atoms with Crippen molar-refractivity contribution in [2.24, 2.45) is 5.92 Å². The quantitative estimate of drug-likeness (QED) is 0.345. The third kappa shape index (κ3) is 3.76. The highest BCUT2D eigenvalue weighted by molar-refractivity contribution is 5.66. The van der Waals surface area contributed by atoms with Gasteiger partial charge in [0.2, 0.25) is 0 Å². The average Bonchev–Trinajstić information content (AvgIpc) is 1.87. The van der Waals surface area contributed by atoms with Crippen LogP contribution in [0.25, 0.3) is 0 Å². The van der Waals surface area contributed by atoms with E-state index < -0.39 is 0 Å².